The molecule has 5 nitrogen and oxygen atoms in total. The number of piperidine rings is 1. The van der Waals surface area contributed by atoms with E-state index in [0.717, 1.165) is 56.2 Å². The van der Waals surface area contributed by atoms with Gasteiger partial charge in [-0.05, 0) is 106 Å². The monoisotopic (exact) mass is 506 g/mol. The molecule has 1 N–H and O–H groups in total. The van der Waals surface area contributed by atoms with Gasteiger partial charge in [0.05, 0.1) is 12.6 Å². The number of unbranched alkanes of at least 4 members (excludes halogenated alkanes) is 1. The molecule has 0 aliphatic carbocycles. The zero-order valence-corrected chi connectivity index (χ0v) is 22.0. The Morgan fingerprint density at radius 2 is 1.97 bits per heavy atom. The summed E-state index contributed by atoms with van der Waals surface area (Å²) < 4.78 is 20.8. The average molecular weight is 507 g/mol. The molecule has 0 saturated carbocycles. The molecular formula is C31H39FN2O3. The molecule has 3 aromatic rings. The van der Waals surface area contributed by atoms with Gasteiger partial charge in [0, 0.05) is 24.5 Å². The van der Waals surface area contributed by atoms with Crippen LogP contribution in [0.2, 0.25) is 0 Å². The summed E-state index contributed by atoms with van der Waals surface area (Å²) in [6, 6.07) is 16.0. The third-order valence-electron chi connectivity index (χ3n) is 7.83. The molecule has 4 rings (SSSR count). The van der Waals surface area contributed by atoms with Crippen molar-refractivity contribution in [2.75, 3.05) is 26.7 Å². The van der Waals surface area contributed by atoms with E-state index in [2.05, 4.69) is 41.1 Å². The number of rotatable bonds is 12. The lowest BCUT2D eigenvalue weighted by Crippen LogP contribution is -2.41. The number of pyridine rings is 1. The average Bonchev–Trinajstić information content (AvgIpc) is 2.90. The number of likely N-dealkylation sites (tertiary alicyclic amines) is 1. The van der Waals surface area contributed by atoms with Crippen molar-refractivity contribution in [1.29, 1.82) is 0 Å². The first-order chi connectivity index (χ1) is 17.9. The van der Waals surface area contributed by atoms with Crippen LogP contribution in [0.3, 0.4) is 0 Å². The summed E-state index contributed by atoms with van der Waals surface area (Å²) in [5.74, 6) is 0.201. The Kier molecular flexibility index (Phi) is 9.51. The van der Waals surface area contributed by atoms with Crippen molar-refractivity contribution in [3.05, 3.63) is 71.4 Å². The summed E-state index contributed by atoms with van der Waals surface area (Å²) in [6.45, 7) is 4.84. The largest absolute Gasteiger partial charge is 0.497 e. The van der Waals surface area contributed by atoms with Crippen LogP contribution < -0.4 is 4.74 Å². The van der Waals surface area contributed by atoms with Crippen LogP contribution in [0.4, 0.5) is 4.39 Å². The van der Waals surface area contributed by atoms with Crippen molar-refractivity contribution in [1.82, 2.24) is 9.88 Å². The lowest BCUT2D eigenvalue weighted by Gasteiger charge is -2.38. The van der Waals surface area contributed by atoms with Crippen LogP contribution in [0.15, 0.2) is 54.7 Å². The van der Waals surface area contributed by atoms with Crippen molar-refractivity contribution < 1.29 is 19.0 Å². The number of methoxy groups -OCH3 is 1. The maximum Gasteiger partial charge on any atom is 0.303 e. The van der Waals surface area contributed by atoms with E-state index in [4.69, 9.17) is 4.74 Å². The second kappa shape index (κ2) is 13.0. The van der Waals surface area contributed by atoms with Crippen LogP contribution in [0, 0.1) is 18.8 Å². The molecule has 1 aliphatic heterocycles. The Hall–Kier alpha value is -2.99. The predicted octanol–water partition coefficient (Wildman–Crippen LogP) is 6.78. The highest BCUT2D eigenvalue weighted by Crippen LogP contribution is 2.36. The minimum atomic E-state index is -1.12. The number of halogens is 1. The van der Waals surface area contributed by atoms with Gasteiger partial charge in [-0.25, -0.2) is 4.39 Å². The summed E-state index contributed by atoms with van der Waals surface area (Å²) in [7, 11) is 1.60. The number of alkyl halides is 1. The summed E-state index contributed by atoms with van der Waals surface area (Å²) in [4.78, 5) is 18.4. The lowest BCUT2D eigenvalue weighted by molar-refractivity contribution is -0.139. The molecule has 2 aromatic carbocycles. The van der Waals surface area contributed by atoms with E-state index in [0.29, 0.717) is 24.2 Å². The Morgan fingerprint density at radius 1 is 1.16 bits per heavy atom. The van der Waals surface area contributed by atoms with Crippen molar-refractivity contribution in [2.45, 2.75) is 58.0 Å². The zero-order valence-electron chi connectivity index (χ0n) is 22.0. The molecule has 2 heterocycles. The van der Waals surface area contributed by atoms with Crippen LogP contribution in [0.1, 0.15) is 61.4 Å². The number of aliphatic carboxylic acids is 1. The van der Waals surface area contributed by atoms with Gasteiger partial charge in [0.25, 0.3) is 0 Å². The lowest BCUT2D eigenvalue weighted by atomic mass is 9.79. The van der Waals surface area contributed by atoms with E-state index in [1.54, 1.807) is 19.4 Å². The van der Waals surface area contributed by atoms with Crippen LogP contribution >= 0.6 is 0 Å². The molecule has 0 radical (unpaired) electrons. The van der Waals surface area contributed by atoms with Crippen LogP contribution in [-0.2, 0) is 11.2 Å². The van der Waals surface area contributed by atoms with Gasteiger partial charge in [-0.15, -0.1) is 0 Å². The fourth-order valence-corrected chi connectivity index (χ4v) is 5.68. The summed E-state index contributed by atoms with van der Waals surface area (Å²) >= 11 is 0. The third-order valence-corrected chi connectivity index (χ3v) is 7.83. The van der Waals surface area contributed by atoms with Crippen molar-refractivity contribution in [3.8, 4) is 5.75 Å². The van der Waals surface area contributed by atoms with Gasteiger partial charge < -0.3 is 14.7 Å². The molecule has 0 bridgehead atoms. The molecular weight excluding hydrogens is 467 g/mol. The van der Waals surface area contributed by atoms with Crippen LogP contribution in [-0.4, -0.2) is 47.7 Å². The molecule has 3 atom stereocenters. The maximum absolute atomic E-state index is 15.5. The fourth-order valence-electron chi connectivity index (χ4n) is 5.68. The number of ether oxygens (including phenoxy) is 1. The maximum atomic E-state index is 15.5. The number of carboxylic acid groups (broad SMARTS) is 1. The first-order valence-corrected chi connectivity index (χ1v) is 13.5. The van der Waals surface area contributed by atoms with E-state index in [9.17, 15) is 9.90 Å². The number of aryl methyl sites for hydroxylation is 2. The molecule has 1 aliphatic rings. The number of nitrogens with zero attached hydrogens (tertiary/aromatic N) is 2. The number of hydrogen-bond acceptors (Lipinski definition) is 4. The Bertz CT molecular complexity index is 1170. The first-order valence-electron chi connectivity index (χ1n) is 13.5. The summed E-state index contributed by atoms with van der Waals surface area (Å²) in [5.41, 5.74) is 4.03. The van der Waals surface area contributed by atoms with Gasteiger partial charge in [-0.1, -0.05) is 29.8 Å². The summed E-state index contributed by atoms with van der Waals surface area (Å²) in [6.07, 6.45) is 5.98. The molecule has 198 valence electrons. The first kappa shape index (κ1) is 27.1. The van der Waals surface area contributed by atoms with Gasteiger partial charge in [-0.2, -0.15) is 0 Å². The van der Waals surface area contributed by atoms with Crippen LogP contribution in [0.5, 0.6) is 5.75 Å². The Labute approximate surface area is 219 Å². The Morgan fingerprint density at radius 3 is 2.73 bits per heavy atom. The van der Waals surface area contributed by atoms with Gasteiger partial charge in [0.2, 0.25) is 0 Å². The third kappa shape index (κ3) is 7.51. The van der Waals surface area contributed by atoms with E-state index in [1.165, 1.54) is 11.1 Å². The van der Waals surface area contributed by atoms with E-state index in [-0.39, 0.29) is 18.3 Å². The van der Waals surface area contributed by atoms with Crippen molar-refractivity contribution in [3.63, 3.8) is 0 Å². The molecule has 0 spiro atoms. The Balaban J connectivity index is 1.30. The number of aromatic nitrogens is 1. The molecule has 0 amide bonds. The van der Waals surface area contributed by atoms with Crippen LogP contribution in [0.25, 0.3) is 10.9 Å². The molecule has 1 fully saturated rings. The van der Waals surface area contributed by atoms with Gasteiger partial charge in [0.1, 0.15) is 11.9 Å². The highest BCUT2D eigenvalue weighted by molar-refractivity contribution is 5.83. The van der Waals surface area contributed by atoms with E-state index < -0.39 is 12.1 Å². The van der Waals surface area contributed by atoms with E-state index >= 15 is 4.39 Å². The van der Waals surface area contributed by atoms with Gasteiger partial charge in [0.15, 0.2) is 0 Å². The molecule has 0 unspecified atom stereocenters. The zero-order chi connectivity index (χ0) is 26.2. The highest BCUT2D eigenvalue weighted by atomic mass is 19.1. The number of carboxylic acids is 1. The number of fused-ring (bicyclic) bond motifs is 1. The van der Waals surface area contributed by atoms with E-state index in [1.807, 2.05) is 18.2 Å². The minimum Gasteiger partial charge on any atom is -0.497 e. The van der Waals surface area contributed by atoms with Crippen molar-refractivity contribution >= 4 is 16.9 Å². The highest BCUT2D eigenvalue weighted by Gasteiger charge is 2.31. The van der Waals surface area contributed by atoms with Gasteiger partial charge >= 0.3 is 5.97 Å². The smallest absolute Gasteiger partial charge is 0.303 e. The quantitative estimate of drug-likeness (QED) is 0.274. The SMILES string of the molecule is COc1ccc2nccc([C@H](F)CC[C@@H]3CCN(CCCCc4ccc(C)cc4)C[C@@H]3CC(=O)O)c2c1. The predicted molar refractivity (Wildman–Crippen MR) is 146 cm³/mol. The molecule has 6 heteroatoms. The minimum absolute atomic E-state index is 0.0600. The van der Waals surface area contributed by atoms with Crippen molar-refractivity contribution in [2.24, 2.45) is 11.8 Å². The standard InChI is InChI=1S/C31H39FN2O3/c1-22-6-8-23(9-7-22)5-3-4-17-34-18-15-24(25(21-34)19-31(35)36)10-12-29(32)27-14-16-33-30-13-11-26(37-2)20-28(27)30/h6-9,11,13-14,16,20,24-25,29H,3-5,10,12,15,17-19,21H2,1-2H3,(H,35,36)/t24-,25+,29-/m1/s1. The van der Waals surface area contributed by atoms with Gasteiger partial charge in [-0.3, -0.25) is 9.78 Å². The second-order valence-corrected chi connectivity index (χ2v) is 10.5. The number of benzene rings is 2. The molecule has 1 saturated heterocycles. The normalized spacial score (nSPS) is 19.1. The number of carbonyl (C=O) groups is 1. The number of hydrogen-bond donors (Lipinski definition) is 1. The summed E-state index contributed by atoms with van der Waals surface area (Å²) in [5, 5.41) is 10.3. The second-order valence-electron chi connectivity index (χ2n) is 10.5. The topological polar surface area (TPSA) is 62.7 Å². The molecule has 1 aromatic heterocycles. The molecule has 37 heavy (non-hydrogen) atoms. The fraction of sp³-hybridized carbons (Fsp3) is 0.484.